The second-order valence-electron chi connectivity index (χ2n) is 5.70. The fourth-order valence-corrected chi connectivity index (χ4v) is 3.35. The molecule has 0 unspecified atom stereocenters. The number of nitrogens with zero attached hydrogens (tertiary/aromatic N) is 4. The highest BCUT2D eigenvalue weighted by atomic mass is 32.2. The van der Waals surface area contributed by atoms with Crippen molar-refractivity contribution in [1.82, 2.24) is 9.97 Å². The molecule has 1 aliphatic heterocycles. The van der Waals surface area contributed by atoms with Crippen molar-refractivity contribution in [2.24, 2.45) is 0 Å². The maximum Gasteiger partial charge on any atom is 0.175 e. The van der Waals surface area contributed by atoms with Crippen LogP contribution in [0.4, 0.5) is 11.5 Å². The summed E-state index contributed by atoms with van der Waals surface area (Å²) in [6.45, 7) is 5.40. The Kier molecular flexibility index (Phi) is 4.21. The Hall–Kier alpha value is -2.15. The predicted molar refractivity (Wildman–Crippen MR) is 90.7 cm³/mol. The number of hydrogen-bond donors (Lipinski definition) is 0. The molecule has 6 nitrogen and oxygen atoms in total. The molecule has 1 aromatic carbocycles. The van der Waals surface area contributed by atoms with Crippen molar-refractivity contribution in [2.45, 2.75) is 11.8 Å². The van der Waals surface area contributed by atoms with Crippen LogP contribution in [0.5, 0.6) is 0 Å². The van der Waals surface area contributed by atoms with Crippen LogP contribution in [0.2, 0.25) is 0 Å². The second kappa shape index (κ2) is 6.16. The van der Waals surface area contributed by atoms with Gasteiger partial charge in [0.25, 0.3) is 0 Å². The average Bonchev–Trinajstić information content (AvgIpc) is 2.54. The zero-order valence-corrected chi connectivity index (χ0v) is 14.1. The monoisotopic (exact) mass is 332 g/mol. The molecular weight excluding hydrogens is 312 g/mol. The number of benzene rings is 1. The van der Waals surface area contributed by atoms with E-state index in [-0.39, 0.29) is 0 Å². The zero-order valence-electron chi connectivity index (χ0n) is 13.3. The van der Waals surface area contributed by atoms with E-state index >= 15 is 0 Å². The third-order valence-electron chi connectivity index (χ3n) is 4.00. The van der Waals surface area contributed by atoms with Crippen LogP contribution in [0, 0.1) is 6.92 Å². The molecule has 0 radical (unpaired) electrons. The first-order chi connectivity index (χ1) is 10.9. The zero-order chi connectivity index (χ0) is 16.4. The van der Waals surface area contributed by atoms with E-state index in [2.05, 4.69) is 19.8 Å². The highest BCUT2D eigenvalue weighted by molar-refractivity contribution is 7.90. The topological polar surface area (TPSA) is 66.4 Å². The van der Waals surface area contributed by atoms with E-state index in [1.165, 1.54) is 6.26 Å². The van der Waals surface area contributed by atoms with Gasteiger partial charge >= 0.3 is 0 Å². The predicted octanol–water partition coefficient (Wildman–Crippen LogP) is 1.52. The van der Waals surface area contributed by atoms with Crippen LogP contribution in [-0.2, 0) is 9.84 Å². The summed E-state index contributed by atoms with van der Waals surface area (Å²) in [5.74, 6) is 1.74. The summed E-state index contributed by atoms with van der Waals surface area (Å²) in [6, 6.07) is 9.03. The summed E-state index contributed by atoms with van der Waals surface area (Å²) in [5.41, 5.74) is 1.05. The van der Waals surface area contributed by atoms with Crippen molar-refractivity contribution in [3.63, 3.8) is 0 Å². The fraction of sp³-hybridized carbons (Fsp3) is 0.375. The van der Waals surface area contributed by atoms with Gasteiger partial charge in [0.1, 0.15) is 11.6 Å². The molecule has 0 N–H and O–H groups in total. The number of hydrogen-bond acceptors (Lipinski definition) is 6. The average molecular weight is 332 g/mol. The van der Waals surface area contributed by atoms with Crippen LogP contribution in [0.3, 0.4) is 0 Å². The Morgan fingerprint density at radius 1 is 0.957 bits per heavy atom. The summed E-state index contributed by atoms with van der Waals surface area (Å²) in [7, 11) is -3.14. The Balaban J connectivity index is 1.67. The molecule has 2 aromatic rings. The summed E-state index contributed by atoms with van der Waals surface area (Å²) in [4.78, 5) is 13.5. The Labute approximate surface area is 136 Å². The molecule has 0 atom stereocenters. The maximum absolute atomic E-state index is 11.5. The van der Waals surface area contributed by atoms with Gasteiger partial charge in [0.2, 0.25) is 0 Å². The molecule has 0 amide bonds. The maximum atomic E-state index is 11.5. The molecule has 3 rings (SSSR count). The van der Waals surface area contributed by atoms with Crippen molar-refractivity contribution in [3.05, 3.63) is 42.4 Å². The highest BCUT2D eigenvalue weighted by Gasteiger charge is 2.19. The van der Waals surface area contributed by atoms with Gasteiger partial charge in [-0.3, -0.25) is 0 Å². The number of sulfone groups is 1. The number of piperazine rings is 1. The van der Waals surface area contributed by atoms with Crippen LogP contribution in [0.15, 0.2) is 41.4 Å². The highest BCUT2D eigenvalue weighted by Crippen LogP contribution is 2.21. The smallest absolute Gasteiger partial charge is 0.175 e. The molecule has 1 saturated heterocycles. The van der Waals surface area contributed by atoms with Crippen LogP contribution in [0.1, 0.15) is 5.82 Å². The Morgan fingerprint density at radius 3 is 2.13 bits per heavy atom. The van der Waals surface area contributed by atoms with Crippen molar-refractivity contribution in [1.29, 1.82) is 0 Å². The lowest BCUT2D eigenvalue weighted by molar-refractivity contribution is 0.602. The van der Waals surface area contributed by atoms with Gasteiger partial charge in [-0.15, -0.1) is 0 Å². The SMILES string of the molecule is Cc1nccc(N2CCN(c3ccc(S(C)(=O)=O)cc3)CC2)n1. The van der Waals surface area contributed by atoms with Crippen LogP contribution >= 0.6 is 0 Å². The summed E-state index contributed by atoms with van der Waals surface area (Å²) >= 11 is 0. The molecule has 2 heterocycles. The van der Waals surface area contributed by atoms with Gasteiger partial charge in [0.15, 0.2) is 9.84 Å². The van der Waals surface area contributed by atoms with Crippen molar-refractivity contribution >= 4 is 21.3 Å². The molecule has 1 aromatic heterocycles. The van der Waals surface area contributed by atoms with Crippen molar-refractivity contribution < 1.29 is 8.42 Å². The van der Waals surface area contributed by atoms with E-state index in [0.717, 1.165) is 43.5 Å². The van der Waals surface area contributed by atoms with E-state index in [0.29, 0.717) is 4.90 Å². The molecule has 1 aliphatic rings. The minimum Gasteiger partial charge on any atom is -0.368 e. The molecule has 0 saturated carbocycles. The van der Waals surface area contributed by atoms with Crippen LogP contribution in [-0.4, -0.2) is 50.8 Å². The second-order valence-corrected chi connectivity index (χ2v) is 7.72. The number of anilines is 2. The molecule has 0 bridgehead atoms. The molecule has 1 fully saturated rings. The molecule has 7 heteroatoms. The lowest BCUT2D eigenvalue weighted by Crippen LogP contribution is -2.46. The first-order valence-corrected chi connectivity index (χ1v) is 9.42. The Bertz CT molecular complexity index is 782. The Morgan fingerprint density at radius 2 is 1.57 bits per heavy atom. The normalized spacial score (nSPS) is 15.7. The largest absolute Gasteiger partial charge is 0.368 e. The van der Waals surface area contributed by atoms with Gasteiger partial charge < -0.3 is 9.80 Å². The standard InChI is InChI=1S/C16H20N4O2S/c1-13-17-8-7-16(18-13)20-11-9-19(10-12-20)14-3-5-15(6-4-14)23(2,21)22/h3-8H,9-12H2,1-2H3. The van der Waals surface area contributed by atoms with E-state index in [4.69, 9.17) is 0 Å². The number of aryl methyl sites for hydroxylation is 1. The minimum absolute atomic E-state index is 0.358. The van der Waals surface area contributed by atoms with E-state index in [9.17, 15) is 8.42 Å². The summed E-state index contributed by atoms with van der Waals surface area (Å²) in [6.07, 6.45) is 3.01. The number of aromatic nitrogens is 2. The first kappa shape index (κ1) is 15.7. The van der Waals surface area contributed by atoms with Crippen molar-refractivity contribution in [2.75, 3.05) is 42.2 Å². The van der Waals surface area contributed by atoms with Gasteiger partial charge in [-0.1, -0.05) is 0 Å². The molecule has 0 aliphatic carbocycles. The van der Waals surface area contributed by atoms with Gasteiger partial charge in [-0.2, -0.15) is 0 Å². The van der Waals surface area contributed by atoms with Gasteiger partial charge in [-0.25, -0.2) is 18.4 Å². The van der Waals surface area contributed by atoms with E-state index in [1.807, 2.05) is 25.1 Å². The lowest BCUT2D eigenvalue weighted by Gasteiger charge is -2.36. The minimum atomic E-state index is -3.14. The fourth-order valence-electron chi connectivity index (χ4n) is 2.72. The van der Waals surface area contributed by atoms with Crippen LogP contribution < -0.4 is 9.80 Å². The molecule has 23 heavy (non-hydrogen) atoms. The number of rotatable bonds is 3. The van der Waals surface area contributed by atoms with Gasteiger partial charge in [0.05, 0.1) is 4.90 Å². The van der Waals surface area contributed by atoms with Gasteiger partial charge in [0, 0.05) is 44.3 Å². The summed E-state index contributed by atoms with van der Waals surface area (Å²) in [5, 5.41) is 0. The van der Waals surface area contributed by atoms with Crippen LogP contribution in [0.25, 0.3) is 0 Å². The third-order valence-corrected chi connectivity index (χ3v) is 5.12. The molecule has 0 spiro atoms. The van der Waals surface area contributed by atoms with E-state index < -0.39 is 9.84 Å². The molecular formula is C16H20N4O2S. The third kappa shape index (κ3) is 3.61. The lowest BCUT2D eigenvalue weighted by atomic mass is 10.2. The quantitative estimate of drug-likeness (QED) is 0.849. The molecule has 122 valence electrons. The first-order valence-electron chi connectivity index (χ1n) is 7.53. The van der Waals surface area contributed by atoms with Crippen molar-refractivity contribution in [3.8, 4) is 0 Å². The van der Waals surface area contributed by atoms with Gasteiger partial charge in [-0.05, 0) is 37.3 Å². The van der Waals surface area contributed by atoms with E-state index in [1.54, 1.807) is 18.3 Å². The summed E-state index contributed by atoms with van der Waals surface area (Å²) < 4.78 is 23.0.